The number of halogens is 1. The molecule has 0 saturated heterocycles. The normalized spacial score (nSPS) is 10.4. The van der Waals surface area contributed by atoms with E-state index in [1.807, 2.05) is 6.07 Å². The largest absolute Gasteiger partial charge is 0.298 e. The van der Waals surface area contributed by atoms with Gasteiger partial charge in [0.25, 0.3) is 0 Å². The molecule has 1 rings (SSSR count). The summed E-state index contributed by atoms with van der Waals surface area (Å²) in [5.41, 5.74) is 1.56. The average Bonchev–Trinajstić information content (AvgIpc) is 2.15. The van der Waals surface area contributed by atoms with Crippen LogP contribution in [0, 0.1) is 0 Å². The van der Waals surface area contributed by atoms with E-state index in [1.54, 1.807) is 18.2 Å². The van der Waals surface area contributed by atoms with E-state index >= 15 is 0 Å². The van der Waals surface area contributed by atoms with Crippen LogP contribution in [0.25, 0.3) is 0 Å². The molecule has 62 valence electrons. The average molecular weight is 164 g/mol. The molecule has 0 unspecified atom stereocenters. The van der Waals surface area contributed by atoms with Crippen molar-refractivity contribution in [2.75, 3.05) is 0 Å². The molecule has 0 fully saturated rings. The van der Waals surface area contributed by atoms with E-state index in [9.17, 15) is 9.18 Å². The van der Waals surface area contributed by atoms with Gasteiger partial charge in [0, 0.05) is 5.56 Å². The lowest BCUT2D eigenvalue weighted by Crippen LogP contribution is -1.84. The molecule has 0 atom stereocenters. The molecule has 0 amide bonds. The van der Waals surface area contributed by atoms with E-state index < -0.39 is 0 Å². The molecule has 0 bridgehead atoms. The SMILES string of the molecule is O=Cc1cccc(C/C=C/F)c1. The Hall–Kier alpha value is -1.44. The first kappa shape index (κ1) is 8.65. The zero-order valence-corrected chi connectivity index (χ0v) is 6.53. The maximum atomic E-state index is 11.6. The van der Waals surface area contributed by atoms with Gasteiger partial charge in [0.15, 0.2) is 0 Å². The number of rotatable bonds is 3. The molecule has 1 nitrogen and oxygen atoms in total. The number of hydrogen-bond donors (Lipinski definition) is 0. The van der Waals surface area contributed by atoms with Crippen LogP contribution in [0.4, 0.5) is 4.39 Å². The van der Waals surface area contributed by atoms with E-state index in [2.05, 4.69) is 0 Å². The Bertz CT molecular complexity index is 292. The summed E-state index contributed by atoms with van der Waals surface area (Å²) in [6.45, 7) is 0. The van der Waals surface area contributed by atoms with E-state index in [0.29, 0.717) is 18.3 Å². The second kappa shape index (κ2) is 4.44. The van der Waals surface area contributed by atoms with Gasteiger partial charge in [-0.15, -0.1) is 0 Å². The fourth-order valence-electron chi connectivity index (χ4n) is 0.974. The molecule has 0 aliphatic heterocycles. The second-order valence-corrected chi connectivity index (χ2v) is 2.43. The van der Waals surface area contributed by atoms with Gasteiger partial charge in [-0.1, -0.05) is 24.3 Å². The Kier molecular flexibility index (Phi) is 3.20. The van der Waals surface area contributed by atoms with Crippen LogP contribution >= 0.6 is 0 Å². The van der Waals surface area contributed by atoms with Gasteiger partial charge in [-0.3, -0.25) is 4.79 Å². The molecular weight excluding hydrogens is 155 g/mol. The predicted molar refractivity (Wildman–Crippen MR) is 45.8 cm³/mol. The summed E-state index contributed by atoms with van der Waals surface area (Å²) < 4.78 is 11.6. The van der Waals surface area contributed by atoms with Gasteiger partial charge in [-0.05, 0) is 18.1 Å². The molecule has 0 saturated carbocycles. The number of carbonyl (C=O) groups excluding carboxylic acids is 1. The molecule has 2 heteroatoms. The highest BCUT2D eigenvalue weighted by atomic mass is 19.1. The minimum Gasteiger partial charge on any atom is -0.298 e. The smallest absolute Gasteiger partial charge is 0.150 e. The van der Waals surface area contributed by atoms with Crippen LogP contribution in [-0.2, 0) is 6.42 Å². The van der Waals surface area contributed by atoms with E-state index in [1.165, 1.54) is 6.08 Å². The third-order valence-corrected chi connectivity index (χ3v) is 1.53. The third kappa shape index (κ3) is 2.31. The van der Waals surface area contributed by atoms with Crippen LogP contribution in [0.5, 0.6) is 0 Å². The lowest BCUT2D eigenvalue weighted by Gasteiger charge is -1.95. The summed E-state index contributed by atoms with van der Waals surface area (Å²) in [5.74, 6) is 0. The predicted octanol–water partition coefficient (Wildman–Crippen LogP) is 2.52. The number of carbonyl (C=O) groups is 1. The summed E-state index contributed by atoms with van der Waals surface area (Å²) in [4.78, 5) is 10.3. The summed E-state index contributed by atoms with van der Waals surface area (Å²) in [5, 5.41) is 0. The van der Waals surface area contributed by atoms with Gasteiger partial charge >= 0.3 is 0 Å². The molecule has 0 aliphatic carbocycles. The Morgan fingerprint density at radius 3 is 2.92 bits per heavy atom. The van der Waals surface area contributed by atoms with Crippen molar-refractivity contribution < 1.29 is 9.18 Å². The highest BCUT2D eigenvalue weighted by Crippen LogP contribution is 2.04. The summed E-state index contributed by atoms with van der Waals surface area (Å²) >= 11 is 0. The Labute approximate surface area is 70.5 Å². The number of hydrogen-bond acceptors (Lipinski definition) is 1. The number of allylic oxidation sites excluding steroid dienone is 1. The monoisotopic (exact) mass is 164 g/mol. The first-order chi connectivity index (χ1) is 5.86. The quantitative estimate of drug-likeness (QED) is 0.627. The van der Waals surface area contributed by atoms with Crippen molar-refractivity contribution >= 4 is 6.29 Å². The van der Waals surface area contributed by atoms with Gasteiger partial charge in [0.05, 0.1) is 6.33 Å². The van der Waals surface area contributed by atoms with Crippen LogP contribution in [0.1, 0.15) is 15.9 Å². The lowest BCUT2D eigenvalue weighted by molar-refractivity contribution is 0.112. The molecule has 1 aromatic carbocycles. The minimum atomic E-state index is 0.508. The summed E-state index contributed by atoms with van der Waals surface area (Å²) in [6.07, 6.45) is 3.22. The topological polar surface area (TPSA) is 17.1 Å². The van der Waals surface area contributed by atoms with Crippen molar-refractivity contribution in [2.24, 2.45) is 0 Å². The van der Waals surface area contributed by atoms with Crippen molar-refractivity contribution in [3.8, 4) is 0 Å². The summed E-state index contributed by atoms with van der Waals surface area (Å²) in [6, 6.07) is 7.10. The first-order valence-electron chi connectivity index (χ1n) is 3.66. The highest BCUT2D eigenvalue weighted by Gasteiger charge is 1.91. The van der Waals surface area contributed by atoms with E-state index in [4.69, 9.17) is 0 Å². The van der Waals surface area contributed by atoms with Gasteiger partial charge < -0.3 is 0 Å². The van der Waals surface area contributed by atoms with Crippen molar-refractivity contribution in [1.29, 1.82) is 0 Å². The fourth-order valence-corrected chi connectivity index (χ4v) is 0.974. The molecule has 0 aliphatic rings. The molecule has 0 spiro atoms. The number of aldehydes is 1. The Balaban J connectivity index is 2.79. The van der Waals surface area contributed by atoms with Gasteiger partial charge in [-0.25, -0.2) is 4.39 Å². The highest BCUT2D eigenvalue weighted by molar-refractivity contribution is 5.74. The van der Waals surface area contributed by atoms with Crippen molar-refractivity contribution in [3.63, 3.8) is 0 Å². The maximum Gasteiger partial charge on any atom is 0.150 e. The van der Waals surface area contributed by atoms with Gasteiger partial charge in [0.1, 0.15) is 6.29 Å². The number of benzene rings is 1. The van der Waals surface area contributed by atoms with Gasteiger partial charge in [-0.2, -0.15) is 0 Å². The van der Waals surface area contributed by atoms with Crippen LogP contribution in [0.2, 0.25) is 0 Å². The minimum absolute atomic E-state index is 0.508. The fraction of sp³-hybridized carbons (Fsp3) is 0.100. The van der Waals surface area contributed by atoms with Crippen molar-refractivity contribution in [3.05, 3.63) is 47.8 Å². The van der Waals surface area contributed by atoms with Crippen LogP contribution in [0.15, 0.2) is 36.7 Å². The Morgan fingerprint density at radius 1 is 1.42 bits per heavy atom. The Morgan fingerprint density at radius 2 is 2.25 bits per heavy atom. The molecule has 0 radical (unpaired) electrons. The van der Waals surface area contributed by atoms with Crippen molar-refractivity contribution in [2.45, 2.75) is 6.42 Å². The molecule has 0 N–H and O–H groups in total. The third-order valence-electron chi connectivity index (χ3n) is 1.53. The standard InChI is InChI=1S/C10H9FO/c11-6-2-5-9-3-1-4-10(7-9)8-12/h1-4,6-8H,5H2/b6-2+. The summed E-state index contributed by atoms with van der Waals surface area (Å²) in [7, 11) is 0. The van der Waals surface area contributed by atoms with E-state index in [0.717, 1.165) is 11.8 Å². The lowest BCUT2D eigenvalue weighted by atomic mass is 10.1. The maximum absolute atomic E-state index is 11.6. The molecule has 0 heterocycles. The van der Waals surface area contributed by atoms with Crippen LogP contribution < -0.4 is 0 Å². The molecule has 1 aromatic rings. The first-order valence-corrected chi connectivity index (χ1v) is 3.66. The van der Waals surface area contributed by atoms with E-state index in [-0.39, 0.29) is 0 Å². The second-order valence-electron chi connectivity index (χ2n) is 2.43. The molecule has 0 aromatic heterocycles. The van der Waals surface area contributed by atoms with Crippen molar-refractivity contribution in [1.82, 2.24) is 0 Å². The van der Waals surface area contributed by atoms with Gasteiger partial charge in [0.2, 0.25) is 0 Å². The van der Waals surface area contributed by atoms with Crippen LogP contribution in [0.3, 0.4) is 0 Å². The zero-order chi connectivity index (χ0) is 8.81. The van der Waals surface area contributed by atoms with Crippen LogP contribution in [-0.4, -0.2) is 6.29 Å². The zero-order valence-electron chi connectivity index (χ0n) is 6.53. The molecule has 12 heavy (non-hydrogen) atoms. The molecular formula is C10H9FO.